The Hall–Kier alpha value is -4.54. The first-order valence-electron chi connectivity index (χ1n) is 12.9. The van der Waals surface area contributed by atoms with Gasteiger partial charge in [-0.15, -0.1) is 5.10 Å². The number of hydrogen-bond donors (Lipinski definition) is 7. The number of ketones is 2. The summed E-state index contributed by atoms with van der Waals surface area (Å²) in [6.07, 6.45) is 1.90. The molecule has 0 radical (unpaired) electrons. The lowest BCUT2D eigenvalue weighted by atomic mass is 9.97. The normalized spacial score (nSPS) is 19.0. The number of hydrogen-bond acceptors (Lipinski definition) is 11. The Morgan fingerprint density at radius 1 is 0.976 bits per heavy atom. The van der Waals surface area contributed by atoms with Gasteiger partial charge in [-0.2, -0.15) is 0 Å². The maximum Gasteiger partial charge on any atom is 0.303 e. The van der Waals surface area contributed by atoms with Crippen LogP contribution in [0.2, 0.25) is 0 Å². The van der Waals surface area contributed by atoms with E-state index in [9.17, 15) is 28.8 Å². The quantitative estimate of drug-likeness (QED) is 0.107. The van der Waals surface area contributed by atoms with Crippen LogP contribution < -0.4 is 33.2 Å². The highest BCUT2D eigenvalue weighted by Crippen LogP contribution is 2.15. The monoisotopic (exact) mass is 571 g/mol. The highest BCUT2D eigenvalue weighted by molar-refractivity contribution is 6.15. The van der Waals surface area contributed by atoms with Crippen LogP contribution in [0, 0.1) is 0 Å². The molecule has 0 saturated heterocycles. The number of carbonyl (C=O) groups excluding carboxylic acids is 5. The van der Waals surface area contributed by atoms with E-state index in [1.54, 1.807) is 18.2 Å². The van der Waals surface area contributed by atoms with Gasteiger partial charge in [-0.05, 0) is 37.9 Å². The average Bonchev–Trinajstić information content (AvgIpc) is 3.43. The number of nitrogens with zero attached hydrogens (tertiary/aromatic N) is 3. The van der Waals surface area contributed by atoms with Gasteiger partial charge in [0.1, 0.15) is 5.69 Å². The number of amides is 3. The number of aromatic nitrogens is 3. The van der Waals surface area contributed by atoms with E-state index in [4.69, 9.17) is 22.3 Å². The van der Waals surface area contributed by atoms with Crippen LogP contribution in [0.1, 0.15) is 48.2 Å². The zero-order chi connectivity index (χ0) is 30.1. The van der Waals surface area contributed by atoms with Gasteiger partial charge in [-0.25, -0.2) is 4.68 Å². The minimum absolute atomic E-state index is 0.0179. The zero-order valence-electron chi connectivity index (χ0n) is 22.1. The number of para-hydroxylation sites is 1. The molecule has 0 aliphatic carbocycles. The van der Waals surface area contributed by atoms with Gasteiger partial charge in [0.25, 0.3) is 17.7 Å². The van der Waals surface area contributed by atoms with E-state index < -0.39 is 65.8 Å². The van der Waals surface area contributed by atoms with Crippen LogP contribution in [0.3, 0.4) is 0 Å². The van der Waals surface area contributed by atoms with Gasteiger partial charge >= 0.3 is 5.97 Å². The van der Waals surface area contributed by atoms with Crippen molar-refractivity contribution >= 4 is 35.3 Å². The van der Waals surface area contributed by atoms with Crippen LogP contribution in [0.25, 0.3) is 5.69 Å². The molecule has 2 bridgehead atoms. The van der Waals surface area contributed by atoms with E-state index in [-0.39, 0.29) is 36.3 Å². The Morgan fingerprint density at radius 3 is 2.32 bits per heavy atom. The summed E-state index contributed by atoms with van der Waals surface area (Å²) in [4.78, 5) is 77.4. The smallest absolute Gasteiger partial charge is 0.303 e. The summed E-state index contributed by atoms with van der Waals surface area (Å²) < 4.78 is 1.27. The first-order valence-corrected chi connectivity index (χ1v) is 12.9. The molecular formula is C25H33N9O7. The van der Waals surface area contributed by atoms with E-state index in [2.05, 4.69) is 26.3 Å². The number of nitrogens with two attached hydrogens (primary N) is 3. The number of Topliss-reactive ketones (excluding diaryl/α,β-unsaturated/α-hetero) is 2. The first kappa shape index (κ1) is 31.0. The largest absolute Gasteiger partial charge is 0.481 e. The highest BCUT2D eigenvalue weighted by Gasteiger charge is 2.38. The molecule has 1 aromatic heterocycles. The van der Waals surface area contributed by atoms with Crippen LogP contribution in [0.5, 0.6) is 0 Å². The molecule has 41 heavy (non-hydrogen) atoms. The summed E-state index contributed by atoms with van der Waals surface area (Å²) >= 11 is 0. The van der Waals surface area contributed by atoms with Crippen molar-refractivity contribution in [2.24, 2.45) is 17.2 Å². The summed E-state index contributed by atoms with van der Waals surface area (Å²) in [6.45, 7) is 0.189. The van der Waals surface area contributed by atoms with E-state index >= 15 is 0 Å². The van der Waals surface area contributed by atoms with Gasteiger partial charge in [0.05, 0.1) is 36.1 Å². The molecule has 0 saturated carbocycles. The van der Waals surface area contributed by atoms with Gasteiger partial charge in [-0.3, -0.25) is 28.8 Å². The van der Waals surface area contributed by atoms with Gasteiger partial charge in [0.2, 0.25) is 0 Å². The van der Waals surface area contributed by atoms with Crippen molar-refractivity contribution in [3.05, 3.63) is 41.7 Å². The third-order valence-electron chi connectivity index (χ3n) is 6.40. The zero-order valence-corrected chi connectivity index (χ0v) is 22.1. The number of carbonyl (C=O) groups is 6. The Balaban J connectivity index is 2.02. The molecule has 16 nitrogen and oxygen atoms in total. The molecule has 0 spiro atoms. The van der Waals surface area contributed by atoms with E-state index in [0.717, 1.165) is 0 Å². The molecular weight excluding hydrogens is 538 g/mol. The van der Waals surface area contributed by atoms with Crippen molar-refractivity contribution in [3.8, 4) is 5.69 Å². The highest BCUT2D eigenvalue weighted by atomic mass is 16.4. The predicted octanol–water partition coefficient (Wildman–Crippen LogP) is -2.73. The van der Waals surface area contributed by atoms with E-state index in [1.807, 2.05) is 0 Å². The number of rotatable bonds is 11. The van der Waals surface area contributed by atoms with Crippen LogP contribution in [-0.4, -0.2) is 86.1 Å². The van der Waals surface area contributed by atoms with Crippen LogP contribution >= 0.6 is 0 Å². The number of aliphatic carboxylic acids is 1. The molecule has 10 N–H and O–H groups in total. The Morgan fingerprint density at radius 2 is 1.63 bits per heavy atom. The van der Waals surface area contributed by atoms with Gasteiger partial charge < -0.3 is 38.3 Å². The number of benzene rings is 1. The molecule has 220 valence electrons. The molecule has 2 heterocycles. The molecule has 2 aromatic rings. The lowest BCUT2D eigenvalue weighted by Gasteiger charge is -2.25. The van der Waals surface area contributed by atoms with Crippen molar-refractivity contribution in [2.45, 2.75) is 62.8 Å². The van der Waals surface area contributed by atoms with Crippen molar-refractivity contribution in [3.63, 3.8) is 0 Å². The fraction of sp³-hybridized carbons (Fsp3) is 0.440. The fourth-order valence-corrected chi connectivity index (χ4v) is 4.11. The molecule has 0 fully saturated rings. The minimum Gasteiger partial charge on any atom is -0.481 e. The first-order chi connectivity index (χ1) is 19.5. The van der Waals surface area contributed by atoms with Crippen LogP contribution in [-0.2, 0) is 30.5 Å². The molecule has 16 heteroatoms. The van der Waals surface area contributed by atoms with E-state index in [1.165, 1.54) is 16.9 Å². The van der Waals surface area contributed by atoms with Crippen molar-refractivity contribution in [2.75, 3.05) is 6.54 Å². The predicted molar refractivity (Wildman–Crippen MR) is 142 cm³/mol. The topological polar surface area (TPSA) is 268 Å². The lowest BCUT2D eigenvalue weighted by molar-refractivity contribution is -0.140. The molecule has 1 aliphatic heterocycles. The van der Waals surface area contributed by atoms with Gasteiger partial charge in [0, 0.05) is 6.42 Å². The third-order valence-corrected chi connectivity index (χ3v) is 6.40. The standard InChI is InChI=1S/C25H33N9O7/c26-10-4-3-6-15(27)21(37)19-24(40)29-11-13-12-34(33-32-13)17-7-2-1-5-14(17)23(39)30-20(25(41)31-19)22(38)16(28)8-9-18(35)36/h1-2,5,7,12,15-16,19-20H,3-4,6,8-11,26-28H2,(H,29,40)(H,30,39)(H,31,41)(H,35,36)/t15-,16-,19-,20-/m0/s1. The maximum atomic E-state index is 13.4. The molecule has 4 atom stereocenters. The number of carboxylic acid groups (broad SMARTS) is 1. The molecule has 1 aliphatic rings. The summed E-state index contributed by atoms with van der Waals surface area (Å²) in [5.74, 6) is -6.09. The second-order valence-electron chi connectivity index (χ2n) is 9.47. The van der Waals surface area contributed by atoms with Crippen LogP contribution in [0.4, 0.5) is 0 Å². The number of carboxylic acids is 1. The SMILES string of the molecule is NCCCC[C@H](N)C(=O)[C@@H]1NC(=O)[C@H](C(=O)[C@@H](N)CCC(=O)O)NC(=O)c2ccccc2-n2cc(nn2)CNC1=O. The summed E-state index contributed by atoms with van der Waals surface area (Å²) in [5, 5.41) is 24.0. The van der Waals surface area contributed by atoms with E-state index in [0.29, 0.717) is 19.4 Å². The Kier molecular flexibility index (Phi) is 10.7. The minimum atomic E-state index is -1.98. The molecule has 1 aromatic carbocycles. The fourth-order valence-electron chi connectivity index (χ4n) is 4.11. The lowest BCUT2D eigenvalue weighted by Crippen LogP contribution is -2.62. The Bertz CT molecular complexity index is 1310. The number of nitrogens with one attached hydrogen (secondary N) is 3. The molecule has 3 rings (SSSR count). The van der Waals surface area contributed by atoms with Gasteiger partial charge in [0.15, 0.2) is 23.7 Å². The van der Waals surface area contributed by atoms with Crippen molar-refractivity contribution in [1.29, 1.82) is 0 Å². The van der Waals surface area contributed by atoms with Crippen LogP contribution in [0.15, 0.2) is 30.5 Å². The molecule has 0 unspecified atom stereocenters. The third kappa shape index (κ3) is 8.00. The van der Waals surface area contributed by atoms with Gasteiger partial charge in [-0.1, -0.05) is 23.8 Å². The average molecular weight is 572 g/mol. The summed E-state index contributed by atoms with van der Waals surface area (Å²) in [7, 11) is 0. The maximum absolute atomic E-state index is 13.4. The number of fused-ring (bicyclic) bond motifs is 4. The second-order valence-corrected chi connectivity index (χ2v) is 9.47. The Labute approximate surface area is 234 Å². The molecule has 3 amide bonds. The van der Waals surface area contributed by atoms with Crippen molar-refractivity contribution < 1.29 is 33.9 Å². The number of unbranched alkanes of at least 4 members (excludes halogenated alkanes) is 1. The summed E-state index contributed by atoms with van der Waals surface area (Å²) in [6, 6.07) is -0.266. The summed E-state index contributed by atoms with van der Waals surface area (Å²) in [5.41, 5.74) is 18.0. The second kappa shape index (κ2) is 14.2. The van der Waals surface area contributed by atoms with Crippen molar-refractivity contribution in [1.82, 2.24) is 30.9 Å².